The molecule has 32 heavy (non-hydrogen) atoms. The summed E-state index contributed by atoms with van der Waals surface area (Å²) in [7, 11) is 0. The normalized spacial score (nSPS) is 12.5. The second kappa shape index (κ2) is 8.92. The number of nitrogens with zero attached hydrogens (tertiary/aromatic N) is 3. The molecule has 0 spiro atoms. The van der Waals surface area contributed by atoms with E-state index in [1.807, 2.05) is 0 Å². The van der Waals surface area contributed by atoms with Gasteiger partial charge in [0, 0.05) is 28.5 Å². The zero-order chi connectivity index (χ0) is 22.7. The fourth-order valence-corrected chi connectivity index (χ4v) is 3.30. The van der Waals surface area contributed by atoms with Crippen molar-refractivity contribution >= 4 is 41.2 Å². The first-order valence-corrected chi connectivity index (χ1v) is 9.75. The minimum atomic E-state index is -1.05. The van der Waals surface area contributed by atoms with Crippen LogP contribution in [0.5, 0.6) is 0 Å². The van der Waals surface area contributed by atoms with Crippen molar-refractivity contribution in [2.75, 3.05) is 10.3 Å². The first-order chi connectivity index (χ1) is 15.4. The van der Waals surface area contributed by atoms with Gasteiger partial charge in [0.05, 0.1) is 11.3 Å². The number of carbonyl (C=O) groups is 2. The molecule has 0 radical (unpaired) electrons. The lowest BCUT2D eigenvalue weighted by atomic mass is 10.0. The fraction of sp³-hybridized carbons (Fsp3) is 0.0476. The first-order valence-electron chi connectivity index (χ1n) is 9.37. The van der Waals surface area contributed by atoms with Gasteiger partial charge < -0.3 is 15.0 Å². The molecule has 0 saturated carbocycles. The highest BCUT2D eigenvalue weighted by molar-refractivity contribution is 6.31. The number of nitrogens with one attached hydrogen (secondary N) is 3. The van der Waals surface area contributed by atoms with Gasteiger partial charge >= 0.3 is 5.97 Å². The molecule has 0 aliphatic carbocycles. The highest BCUT2D eigenvalue weighted by atomic mass is 35.5. The Morgan fingerprint density at radius 2 is 1.88 bits per heavy atom. The van der Waals surface area contributed by atoms with Crippen molar-refractivity contribution < 1.29 is 14.7 Å². The Bertz CT molecular complexity index is 1270. The molecule has 162 valence electrons. The van der Waals surface area contributed by atoms with Crippen molar-refractivity contribution in [2.24, 2.45) is 5.10 Å². The molecule has 0 saturated heterocycles. The summed E-state index contributed by atoms with van der Waals surface area (Å²) < 4.78 is 1.27. The monoisotopic (exact) mass is 452 g/mol. The van der Waals surface area contributed by atoms with E-state index in [0.29, 0.717) is 21.8 Å². The molecule has 1 aliphatic heterocycles. The van der Waals surface area contributed by atoms with E-state index in [4.69, 9.17) is 16.7 Å². The van der Waals surface area contributed by atoms with Crippen LogP contribution in [0, 0.1) is 0 Å². The molecular weight excluding hydrogens is 436 g/mol. The van der Waals surface area contributed by atoms with Crippen LogP contribution in [-0.4, -0.2) is 27.9 Å². The van der Waals surface area contributed by atoms with E-state index < -0.39 is 11.9 Å². The molecule has 1 aliphatic rings. The number of amides is 1. The number of aromatic nitrogens is 1. The van der Waals surface area contributed by atoms with Crippen molar-refractivity contribution in [1.82, 2.24) is 15.6 Å². The number of aromatic carboxylic acids is 1. The minimum Gasteiger partial charge on any atom is -0.478 e. The van der Waals surface area contributed by atoms with Crippen LogP contribution in [0.2, 0.25) is 5.02 Å². The zero-order valence-corrected chi connectivity index (χ0v) is 17.2. The van der Waals surface area contributed by atoms with Crippen molar-refractivity contribution in [3.8, 4) is 11.1 Å². The Labute approximate surface area is 186 Å². The average molecular weight is 453 g/mol. The van der Waals surface area contributed by atoms with E-state index >= 15 is 0 Å². The number of hydrogen-bond acceptors (Lipinski definition) is 7. The predicted octanol–water partition coefficient (Wildman–Crippen LogP) is 2.28. The lowest BCUT2D eigenvalue weighted by Crippen LogP contribution is -2.37. The van der Waals surface area contributed by atoms with Gasteiger partial charge in [-0.05, 0) is 54.1 Å². The Hall–Kier alpha value is -4.15. The number of carboxylic acid groups (broad SMARTS) is 1. The number of carboxylic acids is 1. The predicted molar refractivity (Wildman–Crippen MR) is 120 cm³/mol. The summed E-state index contributed by atoms with van der Waals surface area (Å²) in [5.74, 6) is -1.48. The van der Waals surface area contributed by atoms with Crippen LogP contribution in [0.3, 0.4) is 0 Å². The molecule has 1 aromatic heterocycles. The topological polar surface area (TPSA) is 128 Å². The molecule has 0 fully saturated rings. The van der Waals surface area contributed by atoms with Crippen LogP contribution in [0.25, 0.3) is 11.1 Å². The highest BCUT2D eigenvalue weighted by Crippen LogP contribution is 2.32. The molecule has 0 unspecified atom stereocenters. The molecule has 4 N–H and O–H groups in total. The molecular formula is C21H17ClN6O4. The Morgan fingerprint density at radius 3 is 2.53 bits per heavy atom. The summed E-state index contributed by atoms with van der Waals surface area (Å²) in [5.41, 5.74) is 7.67. The van der Waals surface area contributed by atoms with Gasteiger partial charge in [0.2, 0.25) is 5.91 Å². The van der Waals surface area contributed by atoms with E-state index in [-0.39, 0.29) is 17.7 Å². The maximum absolute atomic E-state index is 12.7. The molecule has 0 atom stereocenters. The zero-order valence-electron chi connectivity index (χ0n) is 16.4. The van der Waals surface area contributed by atoms with Crippen LogP contribution >= 0.6 is 11.6 Å². The summed E-state index contributed by atoms with van der Waals surface area (Å²) in [6.07, 6.45) is 3.07. The van der Waals surface area contributed by atoms with Gasteiger partial charge in [-0.2, -0.15) is 5.10 Å². The third-order valence-electron chi connectivity index (χ3n) is 4.66. The number of halogens is 1. The van der Waals surface area contributed by atoms with Gasteiger partial charge in [-0.25, -0.2) is 15.3 Å². The molecule has 0 bridgehead atoms. The van der Waals surface area contributed by atoms with Crippen LogP contribution in [0.1, 0.15) is 10.4 Å². The summed E-state index contributed by atoms with van der Waals surface area (Å²) in [6, 6.07) is 14.1. The van der Waals surface area contributed by atoms with Gasteiger partial charge in [-0.3, -0.25) is 9.59 Å². The first kappa shape index (κ1) is 21.1. The molecule has 3 aromatic rings. The SMILES string of the molecule is O=C(Cn1ccc(-c2cc(Cl)ccc2N2C=NNN2)cc1=O)Nc1ccc(C(=O)O)cc1. The average Bonchev–Trinajstić information content (AvgIpc) is 3.30. The number of pyridine rings is 1. The second-order valence-electron chi connectivity index (χ2n) is 6.81. The highest BCUT2D eigenvalue weighted by Gasteiger charge is 2.15. The van der Waals surface area contributed by atoms with E-state index in [9.17, 15) is 14.4 Å². The molecule has 4 rings (SSSR count). The fourth-order valence-electron chi connectivity index (χ4n) is 3.13. The second-order valence-corrected chi connectivity index (χ2v) is 7.25. The molecule has 1 amide bonds. The van der Waals surface area contributed by atoms with Crippen LogP contribution in [-0.2, 0) is 11.3 Å². The Balaban J connectivity index is 1.52. The largest absolute Gasteiger partial charge is 0.478 e. The summed E-state index contributed by atoms with van der Waals surface area (Å²) >= 11 is 6.16. The van der Waals surface area contributed by atoms with E-state index in [0.717, 1.165) is 5.69 Å². The van der Waals surface area contributed by atoms with Crippen molar-refractivity contribution in [1.29, 1.82) is 0 Å². The number of hydrazone groups is 1. The van der Waals surface area contributed by atoms with Crippen LogP contribution in [0.4, 0.5) is 11.4 Å². The number of hydrogen-bond donors (Lipinski definition) is 4. The standard InChI is InChI=1S/C21H17ClN6O4/c22-15-3-6-18(28-12-23-25-26-28)17(10-15)14-7-8-27(20(30)9-14)11-19(29)24-16-4-1-13(2-5-16)21(31)32/h1-10,12,25-26H,11H2,(H,24,29)(H,31,32). The molecule has 10 nitrogen and oxygen atoms in total. The number of benzene rings is 2. The van der Waals surface area contributed by atoms with Gasteiger partial charge in [0.15, 0.2) is 0 Å². The van der Waals surface area contributed by atoms with Crippen LogP contribution < -0.4 is 27.0 Å². The van der Waals surface area contributed by atoms with Crippen molar-refractivity contribution in [2.45, 2.75) is 6.54 Å². The van der Waals surface area contributed by atoms with E-state index in [1.54, 1.807) is 35.6 Å². The number of carbonyl (C=O) groups excluding carboxylic acids is 1. The number of hydrazine groups is 2. The van der Waals surface area contributed by atoms with Gasteiger partial charge in [0.25, 0.3) is 5.56 Å². The van der Waals surface area contributed by atoms with E-state index in [1.165, 1.54) is 41.1 Å². The maximum Gasteiger partial charge on any atom is 0.335 e. The summed E-state index contributed by atoms with van der Waals surface area (Å²) in [4.78, 5) is 35.9. The van der Waals surface area contributed by atoms with Crippen LogP contribution in [0.15, 0.2) is 70.7 Å². The molecule has 2 heterocycles. The van der Waals surface area contributed by atoms with Crippen molar-refractivity contribution in [3.05, 3.63) is 81.7 Å². The van der Waals surface area contributed by atoms with Gasteiger partial charge in [-0.1, -0.05) is 11.6 Å². The molecule has 2 aromatic carbocycles. The quantitative estimate of drug-likeness (QED) is 0.451. The smallest absolute Gasteiger partial charge is 0.335 e. The maximum atomic E-state index is 12.7. The lowest BCUT2D eigenvalue weighted by Gasteiger charge is -2.18. The number of rotatable bonds is 6. The summed E-state index contributed by atoms with van der Waals surface area (Å²) in [6.45, 7) is -0.202. The van der Waals surface area contributed by atoms with Crippen molar-refractivity contribution in [3.63, 3.8) is 0 Å². The summed E-state index contributed by atoms with van der Waals surface area (Å²) in [5, 5.41) is 17.6. The lowest BCUT2D eigenvalue weighted by molar-refractivity contribution is -0.116. The number of anilines is 2. The van der Waals surface area contributed by atoms with Gasteiger partial charge in [0.1, 0.15) is 12.9 Å². The Morgan fingerprint density at radius 1 is 1.09 bits per heavy atom. The van der Waals surface area contributed by atoms with E-state index in [2.05, 4.69) is 21.5 Å². The Kier molecular flexibility index (Phi) is 5.88. The third kappa shape index (κ3) is 4.61. The minimum absolute atomic E-state index is 0.112. The van der Waals surface area contributed by atoms with Gasteiger partial charge in [-0.15, -0.1) is 5.53 Å². The third-order valence-corrected chi connectivity index (χ3v) is 4.90. The molecule has 11 heteroatoms.